The number of nitrogens with one attached hydrogen (secondary N) is 2. The lowest BCUT2D eigenvalue weighted by Gasteiger charge is -2.14. The smallest absolute Gasteiger partial charge is 0.405 e. The number of anilines is 1. The van der Waals surface area contributed by atoms with Crippen LogP contribution in [0.3, 0.4) is 0 Å². The Balaban J connectivity index is 2.56. The van der Waals surface area contributed by atoms with Crippen LogP contribution in [0, 0.1) is 0 Å². The molecule has 1 aromatic rings. The van der Waals surface area contributed by atoms with E-state index >= 15 is 0 Å². The third-order valence-corrected chi connectivity index (χ3v) is 2.38. The first-order valence-electron chi connectivity index (χ1n) is 4.44. The molecule has 0 saturated carbocycles. The normalized spacial score (nSPS) is 11.8. The molecule has 0 aliphatic carbocycles. The minimum absolute atomic E-state index is 0.0174. The number of carboxylic acid groups (broad SMARTS) is 1. The highest BCUT2D eigenvalue weighted by Crippen LogP contribution is 2.10. The van der Waals surface area contributed by atoms with Gasteiger partial charge in [-0.25, -0.2) is 9.78 Å². The summed E-state index contributed by atoms with van der Waals surface area (Å²) >= 11 is 1.22. The van der Waals surface area contributed by atoms with Crippen LogP contribution in [0.5, 0.6) is 0 Å². The van der Waals surface area contributed by atoms with E-state index in [-0.39, 0.29) is 13.0 Å². The number of rotatable bonds is 5. The summed E-state index contributed by atoms with van der Waals surface area (Å²) in [5.41, 5.74) is 0. The highest BCUT2D eigenvalue weighted by molar-refractivity contribution is 7.13. The molecule has 0 aromatic carbocycles. The number of carbonyl (C=O) groups excluding carboxylic acids is 1. The molecule has 8 heteroatoms. The number of thiazole rings is 1. The molecule has 88 valence electrons. The molecule has 0 aliphatic heterocycles. The molecule has 0 fully saturated rings. The van der Waals surface area contributed by atoms with Crippen molar-refractivity contribution in [3.8, 4) is 0 Å². The molecule has 1 aromatic heterocycles. The number of nitrogens with zero attached hydrogens (tertiary/aromatic N) is 1. The first-order valence-corrected chi connectivity index (χ1v) is 5.32. The lowest BCUT2D eigenvalue weighted by Crippen LogP contribution is -2.43. The van der Waals surface area contributed by atoms with Gasteiger partial charge < -0.3 is 20.8 Å². The van der Waals surface area contributed by atoms with Crippen LogP contribution in [-0.2, 0) is 4.79 Å². The first kappa shape index (κ1) is 12.4. The molecule has 0 radical (unpaired) electrons. The van der Waals surface area contributed by atoms with E-state index in [2.05, 4.69) is 10.3 Å². The van der Waals surface area contributed by atoms with Crippen molar-refractivity contribution >= 4 is 28.5 Å². The topological polar surface area (TPSA) is 112 Å². The maximum absolute atomic E-state index is 11.6. The minimum atomic E-state index is -1.31. The number of aliphatic hydroxyl groups excluding tert-OH is 1. The Hall–Kier alpha value is -1.67. The summed E-state index contributed by atoms with van der Waals surface area (Å²) in [6.45, 7) is -0.282. The predicted molar refractivity (Wildman–Crippen MR) is 57.4 cm³/mol. The Morgan fingerprint density at radius 1 is 1.56 bits per heavy atom. The molecule has 4 N–H and O–H groups in total. The largest absolute Gasteiger partial charge is 0.465 e. The second-order valence-electron chi connectivity index (χ2n) is 2.84. The van der Waals surface area contributed by atoms with Crippen molar-refractivity contribution in [2.24, 2.45) is 0 Å². The van der Waals surface area contributed by atoms with Gasteiger partial charge in [-0.3, -0.25) is 4.79 Å². The number of carbonyl (C=O) groups is 2. The fourth-order valence-electron chi connectivity index (χ4n) is 1.02. The Morgan fingerprint density at radius 2 is 2.31 bits per heavy atom. The van der Waals surface area contributed by atoms with E-state index in [1.165, 1.54) is 17.5 Å². The van der Waals surface area contributed by atoms with Gasteiger partial charge in [0.05, 0.1) is 0 Å². The third kappa shape index (κ3) is 3.83. The van der Waals surface area contributed by atoms with Crippen LogP contribution in [0.1, 0.15) is 6.42 Å². The van der Waals surface area contributed by atoms with Gasteiger partial charge in [-0.15, -0.1) is 11.3 Å². The van der Waals surface area contributed by atoms with Crippen molar-refractivity contribution in [2.75, 3.05) is 11.9 Å². The monoisotopic (exact) mass is 245 g/mol. The first-order chi connectivity index (χ1) is 7.63. The van der Waals surface area contributed by atoms with Crippen LogP contribution >= 0.6 is 11.3 Å². The van der Waals surface area contributed by atoms with Crippen molar-refractivity contribution in [1.82, 2.24) is 10.3 Å². The molecule has 1 rings (SSSR count). The van der Waals surface area contributed by atoms with E-state index < -0.39 is 18.0 Å². The average molecular weight is 245 g/mol. The molecule has 2 amide bonds. The molecular weight excluding hydrogens is 234 g/mol. The molecule has 0 spiro atoms. The van der Waals surface area contributed by atoms with Gasteiger partial charge in [-0.2, -0.15) is 0 Å². The van der Waals surface area contributed by atoms with Gasteiger partial charge in [-0.05, 0) is 6.42 Å². The zero-order valence-electron chi connectivity index (χ0n) is 8.21. The Bertz CT molecular complexity index is 354. The quantitative estimate of drug-likeness (QED) is 0.588. The maximum atomic E-state index is 11.6. The SMILES string of the molecule is O=C(O)N[C@@H](CCO)C(=O)Nc1nccs1. The summed E-state index contributed by atoms with van der Waals surface area (Å²) in [5, 5.41) is 23.7. The molecule has 0 saturated heterocycles. The summed E-state index contributed by atoms with van der Waals surface area (Å²) in [4.78, 5) is 25.8. The summed E-state index contributed by atoms with van der Waals surface area (Å²) in [7, 11) is 0. The molecule has 0 unspecified atom stereocenters. The van der Waals surface area contributed by atoms with E-state index in [0.717, 1.165) is 0 Å². The van der Waals surface area contributed by atoms with E-state index in [1.54, 1.807) is 5.38 Å². The van der Waals surface area contributed by atoms with Gasteiger partial charge in [0, 0.05) is 18.2 Å². The van der Waals surface area contributed by atoms with Crippen LogP contribution in [0.2, 0.25) is 0 Å². The molecule has 1 heterocycles. The van der Waals surface area contributed by atoms with Gasteiger partial charge >= 0.3 is 6.09 Å². The molecule has 1 atom stereocenters. The van der Waals surface area contributed by atoms with Gasteiger partial charge in [0.15, 0.2) is 5.13 Å². The fraction of sp³-hybridized carbons (Fsp3) is 0.375. The Morgan fingerprint density at radius 3 is 2.81 bits per heavy atom. The highest BCUT2D eigenvalue weighted by atomic mass is 32.1. The number of aromatic nitrogens is 1. The maximum Gasteiger partial charge on any atom is 0.405 e. The molecular formula is C8H11N3O4S. The molecule has 0 bridgehead atoms. The van der Waals surface area contributed by atoms with Crippen molar-refractivity contribution in [3.63, 3.8) is 0 Å². The van der Waals surface area contributed by atoms with Crippen LogP contribution in [-0.4, -0.2) is 39.8 Å². The standard InChI is InChI=1S/C8H11N3O4S/c12-3-1-5(10-8(14)15)6(13)11-7-9-2-4-16-7/h2,4-5,10,12H,1,3H2,(H,14,15)(H,9,11,13)/t5-/m0/s1. The zero-order valence-corrected chi connectivity index (χ0v) is 9.03. The van der Waals surface area contributed by atoms with E-state index in [9.17, 15) is 9.59 Å². The summed E-state index contributed by atoms with van der Waals surface area (Å²) in [6.07, 6.45) is 0.225. The number of aliphatic hydroxyl groups is 1. The second kappa shape index (κ2) is 6.03. The lowest BCUT2D eigenvalue weighted by molar-refractivity contribution is -0.118. The molecule has 16 heavy (non-hydrogen) atoms. The van der Waals surface area contributed by atoms with Gasteiger partial charge in [0.1, 0.15) is 6.04 Å². The number of hydrogen-bond acceptors (Lipinski definition) is 5. The number of hydrogen-bond donors (Lipinski definition) is 4. The summed E-state index contributed by atoms with van der Waals surface area (Å²) in [6, 6.07) is -0.980. The summed E-state index contributed by atoms with van der Waals surface area (Å²) < 4.78 is 0. The van der Waals surface area contributed by atoms with Crippen LogP contribution < -0.4 is 10.6 Å². The Labute approximate surface area is 95.1 Å². The van der Waals surface area contributed by atoms with E-state index in [0.29, 0.717) is 5.13 Å². The highest BCUT2D eigenvalue weighted by Gasteiger charge is 2.20. The van der Waals surface area contributed by atoms with Crippen LogP contribution in [0.4, 0.5) is 9.93 Å². The van der Waals surface area contributed by atoms with Crippen molar-refractivity contribution in [2.45, 2.75) is 12.5 Å². The van der Waals surface area contributed by atoms with E-state index in [4.69, 9.17) is 10.2 Å². The predicted octanol–water partition coefficient (Wildman–Crippen LogP) is 0.100. The summed E-state index contributed by atoms with van der Waals surface area (Å²) in [5.74, 6) is -0.536. The lowest BCUT2D eigenvalue weighted by atomic mass is 10.2. The third-order valence-electron chi connectivity index (χ3n) is 1.69. The molecule has 7 nitrogen and oxygen atoms in total. The van der Waals surface area contributed by atoms with Crippen LogP contribution in [0.25, 0.3) is 0 Å². The van der Waals surface area contributed by atoms with E-state index in [1.807, 2.05) is 5.32 Å². The number of amides is 2. The van der Waals surface area contributed by atoms with Crippen molar-refractivity contribution in [3.05, 3.63) is 11.6 Å². The van der Waals surface area contributed by atoms with Gasteiger partial charge in [0.2, 0.25) is 5.91 Å². The zero-order chi connectivity index (χ0) is 12.0. The van der Waals surface area contributed by atoms with Crippen molar-refractivity contribution in [1.29, 1.82) is 0 Å². The Kier molecular flexibility index (Phi) is 4.67. The average Bonchev–Trinajstić information content (AvgIpc) is 2.69. The minimum Gasteiger partial charge on any atom is -0.465 e. The van der Waals surface area contributed by atoms with Crippen LogP contribution in [0.15, 0.2) is 11.6 Å². The fourth-order valence-corrected chi connectivity index (χ4v) is 1.56. The van der Waals surface area contributed by atoms with Gasteiger partial charge in [0.25, 0.3) is 0 Å². The van der Waals surface area contributed by atoms with Crippen molar-refractivity contribution < 1.29 is 19.8 Å². The van der Waals surface area contributed by atoms with Gasteiger partial charge in [-0.1, -0.05) is 0 Å². The second-order valence-corrected chi connectivity index (χ2v) is 3.74. The molecule has 0 aliphatic rings.